The van der Waals surface area contributed by atoms with Gasteiger partial charge in [-0.3, -0.25) is 4.79 Å². The van der Waals surface area contributed by atoms with Crippen molar-refractivity contribution in [1.82, 2.24) is 10.6 Å². The lowest BCUT2D eigenvalue weighted by molar-refractivity contribution is -0.124. The Morgan fingerprint density at radius 2 is 1.92 bits per heavy atom. The highest BCUT2D eigenvalue weighted by molar-refractivity contribution is 9.10. The molecule has 2 unspecified atom stereocenters. The standard InChI is InChI=1S/C18H18BrFN2O.ClH/c19-15-5-1-3-12(9-15)17(13-4-2-6-16(20)10-13)22-18(23)14-7-8-21-11-14;/h1-6,9-10,14,17,21H,7-8,11H2,(H,22,23);1H. The average Bonchev–Trinajstić information content (AvgIpc) is 3.07. The Balaban J connectivity index is 0.00000208. The molecule has 1 aliphatic heterocycles. The van der Waals surface area contributed by atoms with Crippen molar-refractivity contribution >= 4 is 34.2 Å². The van der Waals surface area contributed by atoms with Crippen molar-refractivity contribution in [3.63, 3.8) is 0 Å². The van der Waals surface area contributed by atoms with E-state index in [1.165, 1.54) is 12.1 Å². The summed E-state index contributed by atoms with van der Waals surface area (Å²) in [5, 5.41) is 6.28. The molecule has 0 aliphatic carbocycles. The Morgan fingerprint density at radius 3 is 2.54 bits per heavy atom. The third kappa shape index (κ3) is 4.56. The predicted molar refractivity (Wildman–Crippen MR) is 98.8 cm³/mol. The van der Waals surface area contributed by atoms with Crippen LogP contribution in [0.15, 0.2) is 53.0 Å². The number of nitrogens with one attached hydrogen (secondary N) is 2. The fourth-order valence-corrected chi connectivity index (χ4v) is 3.29. The molecule has 0 saturated carbocycles. The molecule has 6 heteroatoms. The van der Waals surface area contributed by atoms with Gasteiger partial charge in [0.15, 0.2) is 0 Å². The second kappa shape index (κ2) is 8.60. The predicted octanol–water partition coefficient (Wildman–Crippen LogP) is 3.83. The van der Waals surface area contributed by atoms with E-state index in [1.54, 1.807) is 6.07 Å². The molecular weight excluding hydrogens is 395 g/mol. The van der Waals surface area contributed by atoms with Crippen LogP contribution in [0.25, 0.3) is 0 Å². The molecule has 2 aromatic carbocycles. The summed E-state index contributed by atoms with van der Waals surface area (Å²) in [6.07, 6.45) is 0.834. The van der Waals surface area contributed by atoms with Crippen LogP contribution in [0.1, 0.15) is 23.6 Å². The van der Waals surface area contributed by atoms with E-state index in [4.69, 9.17) is 0 Å². The lowest BCUT2D eigenvalue weighted by Crippen LogP contribution is -2.35. The van der Waals surface area contributed by atoms with Crippen LogP contribution in [0, 0.1) is 11.7 Å². The minimum absolute atomic E-state index is 0. The number of hydrogen-bond donors (Lipinski definition) is 2. The largest absolute Gasteiger partial charge is 0.345 e. The molecule has 1 amide bonds. The summed E-state index contributed by atoms with van der Waals surface area (Å²) >= 11 is 3.45. The topological polar surface area (TPSA) is 41.1 Å². The van der Waals surface area contributed by atoms with Crippen LogP contribution in [-0.2, 0) is 4.79 Å². The molecule has 1 aliphatic rings. The number of rotatable bonds is 4. The van der Waals surface area contributed by atoms with Crippen molar-refractivity contribution in [1.29, 1.82) is 0 Å². The Kier molecular flexibility index (Phi) is 6.78. The Morgan fingerprint density at radius 1 is 1.21 bits per heavy atom. The Hall–Kier alpha value is -1.43. The molecule has 0 bridgehead atoms. The van der Waals surface area contributed by atoms with E-state index in [0.717, 1.165) is 28.6 Å². The summed E-state index contributed by atoms with van der Waals surface area (Å²) in [6, 6.07) is 13.7. The highest BCUT2D eigenvalue weighted by atomic mass is 79.9. The van der Waals surface area contributed by atoms with Crippen LogP contribution in [-0.4, -0.2) is 19.0 Å². The van der Waals surface area contributed by atoms with Gasteiger partial charge in [0.1, 0.15) is 5.82 Å². The maximum Gasteiger partial charge on any atom is 0.225 e. The van der Waals surface area contributed by atoms with Gasteiger partial charge in [-0.1, -0.05) is 40.2 Å². The van der Waals surface area contributed by atoms with Crippen molar-refractivity contribution in [2.45, 2.75) is 12.5 Å². The molecule has 0 aromatic heterocycles. The molecule has 1 saturated heterocycles. The Bertz CT molecular complexity index is 661. The summed E-state index contributed by atoms with van der Waals surface area (Å²) in [7, 11) is 0. The second-order valence-electron chi connectivity index (χ2n) is 5.74. The van der Waals surface area contributed by atoms with Crippen molar-refractivity contribution in [3.05, 3.63) is 69.9 Å². The Labute approximate surface area is 155 Å². The highest BCUT2D eigenvalue weighted by Crippen LogP contribution is 2.26. The van der Waals surface area contributed by atoms with Crippen molar-refractivity contribution < 1.29 is 9.18 Å². The zero-order valence-electron chi connectivity index (χ0n) is 13.0. The molecule has 3 nitrogen and oxygen atoms in total. The molecule has 0 radical (unpaired) electrons. The fourth-order valence-electron chi connectivity index (χ4n) is 2.87. The van der Waals surface area contributed by atoms with E-state index >= 15 is 0 Å². The summed E-state index contributed by atoms with van der Waals surface area (Å²) < 4.78 is 14.6. The minimum Gasteiger partial charge on any atom is -0.345 e. The van der Waals surface area contributed by atoms with Gasteiger partial charge in [0, 0.05) is 11.0 Å². The molecule has 1 fully saturated rings. The molecular formula is C18H19BrClFN2O. The fraction of sp³-hybridized carbons (Fsp3) is 0.278. The van der Waals surface area contributed by atoms with Gasteiger partial charge in [-0.15, -0.1) is 12.4 Å². The van der Waals surface area contributed by atoms with Gasteiger partial charge >= 0.3 is 0 Å². The minimum atomic E-state index is -0.365. The van der Waals surface area contributed by atoms with Gasteiger partial charge in [-0.25, -0.2) is 4.39 Å². The van der Waals surface area contributed by atoms with Gasteiger partial charge in [0.05, 0.1) is 12.0 Å². The first-order valence-electron chi connectivity index (χ1n) is 7.65. The van der Waals surface area contributed by atoms with Crippen LogP contribution >= 0.6 is 28.3 Å². The lowest BCUT2D eigenvalue weighted by Gasteiger charge is -2.22. The van der Waals surface area contributed by atoms with E-state index < -0.39 is 0 Å². The molecule has 24 heavy (non-hydrogen) atoms. The first kappa shape index (κ1) is 18.9. The number of hydrogen-bond acceptors (Lipinski definition) is 2. The zero-order chi connectivity index (χ0) is 16.2. The maximum atomic E-state index is 13.6. The van der Waals surface area contributed by atoms with E-state index in [0.29, 0.717) is 6.54 Å². The van der Waals surface area contributed by atoms with Crippen molar-refractivity contribution in [2.24, 2.45) is 5.92 Å². The van der Waals surface area contributed by atoms with Crippen molar-refractivity contribution in [3.8, 4) is 0 Å². The first-order valence-corrected chi connectivity index (χ1v) is 8.45. The number of benzene rings is 2. The second-order valence-corrected chi connectivity index (χ2v) is 6.66. The summed E-state index contributed by atoms with van der Waals surface area (Å²) in [6.45, 7) is 1.56. The van der Waals surface area contributed by atoms with Gasteiger partial charge in [0.25, 0.3) is 0 Å². The summed E-state index contributed by atoms with van der Waals surface area (Å²) in [5.41, 5.74) is 1.66. The van der Waals surface area contributed by atoms with E-state index in [1.807, 2.05) is 30.3 Å². The monoisotopic (exact) mass is 412 g/mol. The van der Waals surface area contributed by atoms with E-state index in [-0.39, 0.29) is 36.1 Å². The average molecular weight is 414 g/mol. The van der Waals surface area contributed by atoms with Gasteiger partial charge in [-0.05, 0) is 48.4 Å². The zero-order valence-corrected chi connectivity index (χ0v) is 15.4. The van der Waals surface area contributed by atoms with E-state index in [9.17, 15) is 9.18 Å². The normalized spacial score (nSPS) is 17.8. The van der Waals surface area contributed by atoms with Gasteiger partial charge in [0.2, 0.25) is 5.91 Å². The number of carbonyl (C=O) groups excluding carboxylic acids is 1. The number of amides is 1. The van der Waals surface area contributed by atoms with Crippen LogP contribution in [0.4, 0.5) is 4.39 Å². The summed E-state index contributed by atoms with van der Waals surface area (Å²) in [5.74, 6) is -0.332. The van der Waals surface area contributed by atoms with Gasteiger partial charge < -0.3 is 10.6 Å². The molecule has 2 atom stereocenters. The molecule has 1 heterocycles. The van der Waals surface area contributed by atoms with Gasteiger partial charge in [-0.2, -0.15) is 0 Å². The smallest absolute Gasteiger partial charge is 0.225 e. The first-order chi connectivity index (χ1) is 11.1. The van der Waals surface area contributed by atoms with Crippen molar-refractivity contribution in [2.75, 3.05) is 13.1 Å². The SMILES string of the molecule is Cl.O=C(NC(c1cccc(F)c1)c1cccc(Br)c1)C1CCNC1. The summed E-state index contributed by atoms with van der Waals surface area (Å²) in [4.78, 5) is 12.5. The van der Waals surface area contributed by atoms with Crippen LogP contribution < -0.4 is 10.6 Å². The van der Waals surface area contributed by atoms with Crippen LogP contribution in [0.3, 0.4) is 0 Å². The lowest BCUT2D eigenvalue weighted by atomic mass is 9.97. The number of carbonyl (C=O) groups is 1. The molecule has 3 rings (SSSR count). The maximum absolute atomic E-state index is 13.6. The van der Waals surface area contributed by atoms with Crippen LogP contribution in [0.5, 0.6) is 0 Å². The third-order valence-electron chi connectivity index (χ3n) is 4.08. The third-order valence-corrected chi connectivity index (χ3v) is 4.57. The highest BCUT2D eigenvalue weighted by Gasteiger charge is 2.26. The molecule has 128 valence electrons. The molecule has 0 spiro atoms. The number of halogens is 3. The van der Waals surface area contributed by atoms with E-state index in [2.05, 4.69) is 26.6 Å². The molecule has 2 N–H and O–H groups in total. The van der Waals surface area contributed by atoms with Crippen LogP contribution in [0.2, 0.25) is 0 Å². The molecule has 2 aromatic rings. The quantitative estimate of drug-likeness (QED) is 0.800.